The van der Waals surface area contributed by atoms with Crippen LogP contribution >= 0.6 is 0 Å². The Morgan fingerprint density at radius 2 is 1.63 bits per heavy atom. The standard InChI is InChI=1S/C17H17NO/c19-10-16-17-12-6-2-1-5-11(12)9-15(18-16)13-7-3-4-8-14(13)17/h1-8,15-19H,9-10H2/t15-,16-,17+/m0/s1. The maximum Gasteiger partial charge on any atom is 0.0594 e. The largest absolute Gasteiger partial charge is 0.395 e. The molecular weight excluding hydrogens is 234 g/mol. The molecule has 0 radical (unpaired) electrons. The quantitative estimate of drug-likeness (QED) is 0.815. The highest BCUT2D eigenvalue weighted by molar-refractivity contribution is 5.49. The summed E-state index contributed by atoms with van der Waals surface area (Å²) in [7, 11) is 0. The van der Waals surface area contributed by atoms with Crippen LogP contribution in [0.15, 0.2) is 48.5 Å². The molecule has 2 aromatic carbocycles. The van der Waals surface area contributed by atoms with Crippen LogP contribution < -0.4 is 5.32 Å². The highest BCUT2D eigenvalue weighted by Gasteiger charge is 2.38. The predicted octanol–water partition coefficient (Wildman–Crippen LogP) is 2.38. The van der Waals surface area contributed by atoms with Crippen LogP contribution in [0.1, 0.15) is 34.2 Å². The molecule has 1 aliphatic carbocycles. The molecule has 2 aliphatic heterocycles. The van der Waals surface area contributed by atoms with Gasteiger partial charge < -0.3 is 10.4 Å². The highest BCUT2D eigenvalue weighted by atomic mass is 16.3. The molecular formula is C17H17NO. The Balaban J connectivity index is 1.99. The third kappa shape index (κ3) is 1.57. The van der Waals surface area contributed by atoms with Gasteiger partial charge in [-0.1, -0.05) is 48.5 Å². The van der Waals surface area contributed by atoms with Crippen molar-refractivity contribution in [2.45, 2.75) is 24.4 Å². The number of fused-ring (bicyclic) bond motifs is 1. The first kappa shape index (κ1) is 11.2. The fraction of sp³-hybridized carbons (Fsp3) is 0.294. The van der Waals surface area contributed by atoms with Crippen LogP contribution in [-0.2, 0) is 6.42 Å². The molecule has 0 amide bonds. The van der Waals surface area contributed by atoms with Crippen LogP contribution in [0.3, 0.4) is 0 Å². The Morgan fingerprint density at radius 3 is 2.42 bits per heavy atom. The van der Waals surface area contributed by atoms with Crippen LogP contribution in [0.4, 0.5) is 0 Å². The molecule has 0 unspecified atom stereocenters. The molecule has 0 spiro atoms. The van der Waals surface area contributed by atoms with E-state index in [4.69, 9.17) is 0 Å². The van der Waals surface area contributed by atoms with Crippen molar-refractivity contribution in [1.82, 2.24) is 5.32 Å². The summed E-state index contributed by atoms with van der Waals surface area (Å²) in [5.74, 6) is 0.274. The number of aliphatic hydroxyl groups excluding tert-OH is 1. The van der Waals surface area contributed by atoms with Crippen LogP contribution in [0.25, 0.3) is 0 Å². The maximum atomic E-state index is 9.73. The van der Waals surface area contributed by atoms with Gasteiger partial charge in [0.25, 0.3) is 0 Å². The summed E-state index contributed by atoms with van der Waals surface area (Å²) in [5.41, 5.74) is 5.57. The van der Waals surface area contributed by atoms with E-state index < -0.39 is 0 Å². The van der Waals surface area contributed by atoms with E-state index in [2.05, 4.69) is 53.8 Å². The Labute approximate surface area is 113 Å². The van der Waals surface area contributed by atoms with Gasteiger partial charge in [0.1, 0.15) is 0 Å². The fourth-order valence-electron chi connectivity index (χ4n) is 3.73. The molecule has 0 aromatic heterocycles. The Bertz CT molecular complexity index is 622. The van der Waals surface area contributed by atoms with Gasteiger partial charge in [0.05, 0.1) is 6.61 Å². The van der Waals surface area contributed by atoms with Crippen LogP contribution in [0.2, 0.25) is 0 Å². The zero-order valence-electron chi connectivity index (χ0n) is 10.7. The first-order valence-corrected chi connectivity index (χ1v) is 6.92. The van der Waals surface area contributed by atoms with Crippen molar-refractivity contribution in [3.8, 4) is 0 Å². The molecule has 0 fully saturated rings. The molecule has 96 valence electrons. The van der Waals surface area contributed by atoms with E-state index in [-0.39, 0.29) is 18.6 Å². The van der Waals surface area contributed by atoms with Crippen molar-refractivity contribution in [1.29, 1.82) is 0 Å². The van der Waals surface area contributed by atoms with Crippen LogP contribution in [0.5, 0.6) is 0 Å². The summed E-state index contributed by atoms with van der Waals surface area (Å²) >= 11 is 0. The molecule has 2 aromatic rings. The van der Waals surface area contributed by atoms with E-state index in [1.165, 1.54) is 22.3 Å². The minimum absolute atomic E-state index is 0.128. The number of hydrogen-bond donors (Lipinski definition) is 2. The highest BCUT2D eigenvalue weighted by Crippen LogP contribution is 2.44. The summed E-state index contributed by atoms with van der Waals surface area (Å²) in [4.78, 5) is 0. The minimum atomic E-state index is 0.128. The van der Waals surface area contributed by atoms with Gasteiger partial charge in [0.15, 0.2) is 0 Å². The maximum absolute atomic E-state index is 9.73. The van der Waals surface area contributed by atoms with Gasteiger partial charge in [-0.05, 0) is 28.7 Å². The SMILES string of the molecule is OC[C@@H]1N[C@H]2Cc3ccccc3[C@@H]1c1ccccc12. The van der Waals surface area contributed by atoms with Gasteiger partial charge in [-0.15, -0.1) is 0 Å². The minimum Gasteiger partial charge on any atom is -0.395 e. The van der Waals surface area contributed by atoms with Crippen LogP contribution in [0, 0.1) is 0 Å². The number of hydrogen-bond acceptors (Lipinski definition) is 2. The summed E-state index contributed by atoms with van der Waals surface area (Å²) < 4.78 is 0. The molecule has 2 heteroatoms. The summed E-state index contributed by atoms with van der Waals surface area (Å²) in [6.07, 6.45) is 1.01. The number of nitrogens with one attached hydrogen (secondary N) is 1. The Kier molecular flexibility index (Phi) is 2.47. The molecule has 3 atom stereocenters. The van der Waals surface area contributed by atoms with Crippen molar-refractivity contribution in [3.63, 3.8) is 0 Å². The third-order valence-corrected chi connectivity index (χ3v) is 4.54. The fourth-order valence-corrected chi connectivity index (χ4v) is 3.73. The number of rotatable bonds is 1. The molecule has 0 saturated carbocycles. The molecule has 2 bridgehead atoms. The zero-order chi connectivity index (χ0) is 12.8. The van der Waals surface area contributed by atoms with Gasteiger partial charge in [0.2, 0.25) is 0 Å². The summed E-state index contributed by atoms with van der Waals surface area (Å²) in [6, 6.07) is 17.8. The van der Waals surface area contributed by atoms with Crippen molar-refractivity contribution in [3.05, 3.63) is 70.8 Å². The van der Waals surface area contributed by atoms with Crippen molar-refractivity contribution in [2.24, 2.45) is 0 Å². The lowest BCUT2D eigenvalue weighted by Crippen LogP contribution is -2.43. The van der Waals surface area contributed by atoms with E-state index >= 15 is 0 Å². The second kappa shape index (κ2) is 4.19. The molecule has 5 rings (SSSR count). The van der Waals surface area contributed by atoms with E-state index in [1.807, 2.05) is 0 Å². The van der Waals surface area contributed by atoms with Gasteiger partial charge in [-0.25, -0.2) is 0 Å². The smallest absolute Gasteiger partial charge is 0.0594 e. The molecule has 2 nitrogen and oxygen atoms in total. The van der Waals surface area contributed by atoms with Gasteiger partial charge in [-0.3, -0.25) is 0 Å². The molecule has 3 aliphatic rings. The monoisotopic (exact) mass is 251 g/mol. The van der Waals surface area contributed by atoms with E-state index in [0.717, 1.165) is 6.42 Å². The average Bonchev–Trinajstić information content (AvgIpc) is 2.72. The number of aliphatic hydroxyl groups is 1. The van der Waals surface area contributed by atoms with E-state index in [1.54, 1.807) is 0 Å². The summed E-state index contributed by atoms with van der Waals surface area (Å²) in [5, 5.41) is 13.3. The van der Waals surface area contributed by atoms with Crippen LogP contribution in [-0.4, -0.2) is 17.8 Å². The first-order chi connectivity index (χ1) is 9.38. The average molecular weight is 251 g/mol. The van der Waals surface area contributed by atoms with Crippen molar-refractivity contribution < 1.29 is 5.11 Å². The second-order valence-electron chi connectivity index (χ2n) is 5.52. The number of benzene rings is 2. The normalized spacial score (nSPS) is 27.5. The molecule has 0 saturated heterocycles. The van der Waals surface area contributed by atoms with Crippen molar-refractivity contribution in [2.75, 3.05) is 6.61 Å². The lowest BCUT2D eigenvalue weighted by molar-refractivity contribution is 0.214. The van der Waals surface area contributed by atoms with Gasteiger partial charge >= 0.3 is 0 Å². The lowest BCUT2D eigenvalue weighted by Gasteiger charge is -2.35. The zero-order valence-corrected chi connectivity index (χ0v) is 10.7. The second-order valence-corrected chi connectivity index (χ2v) is 5.52. The van der Waals surface area contributed by atoms with E-state index in [9.17, 15) is 5.11 Å². The Hall–Kier alpha value is -1.64. The lowest BCUT2D eigenvalue weighted by atomic mass is 9.80. The van der Waals surface area contributed by atoms with E-state index in [0.29, 0.717) is 6.04 Å². The van der Waals surface area contributed by atoms with Gasteiger partial charge in [-0.2, -0.15) is 0 Å². The Morgan fingerprint density at radius 1 is 0.947 bits per heavy atom. The van der Waals surface area contributed by atoms with Crippen molar-refractivity contribution >= 4 is 0 Å². The summed E-state index contributed by atoms with van der Waals surface area (Å²) in [6.45, 7) is 0.184. The molecule has 2 heterocycles. The third-order valence-electron chi connectivity index (χ3n) is 4.54. The molecule has 2 N–H and O–H groups in total. The van der Waals surface area contributed by atoms with Gasteiger partial charge in [0, 0.05) is 18.0 Å². The predicted molar refractivity (Wildman–Crippen MR) is 75.2 cm³/mol. The first-order valence-electron chi connectivity index (χ1n) is 6.92. The molecule has 19 heavy (non-hydrogen) atoms. The topological polar surface area (TPSA) is 32.3 Å².